The van der Waals surface area contributed by atoms with Gasteiger partial charge >= 0.3 is 0 Å². The van der Waals surface area contributed by atoms with Crippen molar-refractivity contribution in [2.75, 3.05) is 11.1 Å². The van der Waals surface area contributed by atoms with Crippen molar-refractivity contribution in [3.05, 3.63) is 52.8 Å². The van der Waals surface area contributed by atoms with Gasteiger partial charge in [0.25, 0.3) is 0 Å². The Kier molecular flexibility index (Phi) is 3.34. The summed E-state index contributed by atoms with van der Waals surface area (Å²) in [6, 6.07) is 5.71. The molecule has 2 aromatic rings. The van der Waals surface area contributed by atoms with Gasteiger partial charge in [0.2, 0.25) is 0 Å². The van der Waals surface area contributed by atoms with Crippen LogP contribution in [0.2, 0.25) is 5.02 Å². The Bertz CT molecular complexity index is 602. The lowest BCUT2D eigenvalue weighted by atomic mass is 10.2. The van der Waals surface area contributed by atoms with Crippen LogP contribution in [-0.4, -0.2) is 0 Å². The van der Waals surface area contributed by atoms with Crippen LogP contribution in [0, 0.1) is 17.5 Å². The predicted molar refractivity (Wildman–Crippen MR) is 65.5 cm³/mol. The minimum Gasteiger partial charge on any atom is -0.397 e. The molecule has 0 atom stereocenters. The van der Waals surface area contributed by atoms with Crippen molar-refractivity contribution in [1.82, 2.24) is 0 Å². The molecule has 0 saturated carbocycles. The van der Waals surface area contributed by atoms with Crippen LogP contribution in [0.3, 0.4) is 0 Å². The molecule has 6 heteroatoms. The topological polar surface area (TPSA) is 38.0 Å². The molecule has 94 valence electrons. The van der Waals surface area contributed by atoms with Crippen molar-refractivity contribution in [2.45, 2.75) is 0 Å². The summed E-state index contributed by atoms with van der Waals surface area (Å²) in [5.41, 5.74) is 6.01. The highest BCUT2D eigenvalue weighted by molar-refractivity contribution is 6.30. The van der Waals surface area contributed by atoms with Crippen molar-refractivity contribution in [3.63, 3.8) is 0 Å². The van der Waals surface area contributed by atoms with Gasteiger partial charge in [-0.05, 0) is 18.2 Å². The summed E-state index contributed by atoms with van der Waals surface area (Å²) in [4.78, 5) is 0. The van der Waals surface area contributed by atoms with Gasteiger partial charge in [-0.1, -0.05) is 11.6 Å². The SMILES string of the molecule is Nc1cc(F)c(F)cc1Nc1ccc(Cl)c(F)c1. The number of benzene rings is 2. The second-order valence-corrected chi connectivity index (χ2v) is 4.01. The van der Waals surface area contributed by atoms with E-state index in [0.717, 1.165) is 18.2 Å². The molecule has 0 radical (unpaired) electrons. The zero-order chi connectivity index (χ0) is 13.3. The summed E-state index contributed by atoms with van der Waals surface area (Å²) < 4.78 is 39.1. The molecule has 18 heavy (non-hydrogen) atoms. The Hall–Kier alpha value is -1.88. The molecular formula is C12H8ClF3N2. The van der Waals surface area contributed by atoms with Crippen LogP contribution in [0.1, 0.15) is 0 Å². The quantitative estimate of drug-likeness (QED) is 0.808. The first-order chi connectivity index (χ1) is 8.47. The van der Waals surface area contributed by atoms with Gasteiger partial charge < -0.3 is 11.1 Å². The zero-order valence-corrected chi connectivity index (χ0v) is 9.73. The fourth-order valence-corrected chi connectivity index (χ4v) is 1.52. The first-order valence-corrected chi connectivity index (χ1v) is 5.32. The average molecular weight is 273 g/mol. The summed E-state index contributed by atoms with van der Waals surface area (Å²) in [6.45, 7) is 0. The van der Waals surface area contributed by atoms with Gasteiger partial charge in [-0.15, -0.1) is 0 Å². The lowest BCUT2D eigenvalue weighted by Gasteiger charge is -2.10. The molecule has 2 aromatic carbocycles. The van der Waals surface area contributed by atoms with Gasteiger partial charge in [-0.25, -0.2) is 13.2 Å². The van der Waals surface area contributed by atoms with E-state index in [2.05, 4.69) is 5.32 Å². The summed E-state index contributed by atoms with van der Waals surface area (Å²) in [5.74, 6) is -2.70. The van der Waals surface area contributed by atoms with E-state index >= 15 is 0 Å². The van der Waals surface area contributed by atoms with Crippen LogP contribution in [0.4, 0.5) is 30.2 Å². The molecule has 0 saturated heterocycles. The molecule has 0 aromatic heterocycles. The number of hydrogen-bond acceptors (Lipinski definition) is 2. The number of anilines is 3. The molecule has 0 amide bonds. The van der Waals surface area contributed by atoms with E-state index in [4.69, 9.17) is 17.3 Å². The number of nitrogens with one attached hydrogen (secondary N) is 1. The van der Waals surface area contributed by atoms with E-state index in [9.17, 15) is 13.2 Å². The van der Waals surface area contributed by atoms with Gasteiger partial charge in [0, 0.05) is 17.8 Å². The first kappa shape index (κ1) is 12.6. The van der Waals surface area contributed by atoms with Gasteiger partial charge in [0.05, 0.1) is 16.4 Å². The monoisotopic (exact) mass is 272 g/mol. The van der Waals surface area contributed by atoms with Gasteiger partial charge in [0.15, 0.2) is 11.6 Å². The lowest BCUT2D eigenvalue weighted by Crippen LogP contribution is -1.99. The molecule has 0 spiro atoms. The van der Waals surface area contributed by atoms with E-state index in [1.165, 1.54) is 12.1 Å². The third-order valence-electron chi connectivity index (χ3n) is 2.29. The summed E-state index contributed by atoms with van der Waals surface area (Å²) in [7, 11) is 0. The maximum absolute atomic E-state index is 13.2. The summed E-state index contributed by atoms with van der Waals surface area (Å²) in [5, 5.41) is 2.65. The number of nitrogen functional groups attached to an aromatic ring is 1. The number of halogens is 4. The highest BCUT2D eigenvalue weighted by Gasteiger charge is 2.08. The van der Waals surface area contributed by atoms with Gasteiger partial charge in [-0.3, -0.25) is 0 Å². The van der Waals surface area contributed by atoms with Gasteiger partial charge in [-0.2, -0.15) is 0 Å². The Morgan fingerprint density at radius 2 is 1.61 bits per heavy atom. The third kappa shape index (κ3) is 2.51. The van der Waals surface area contributed by atoms with E-state index < -0.39 is 17.5 Å². The average Bonchev–Trinajstić information content (AvgIpc) is 2.31. The molecule has 0 fully saturated rings. The minimum atomic E-state index is -1.04. The van der Waals surface area contributed by atoms with Crippen molar-refractivity contribution in [1.29, 1.82) is 0 Å². The Morgan fingerprint density at radius 3 is 2.28 bits per heavy atom. The highest BCUT2D eigenvalue weighted by atomic mass is 35.5. The fourth-order valence-electron chi connectivity index (χ4n) is 1.40. The normalized spacial score (nSPS) is 10.4. The molecule has 0 heterocycles. The zero-order valence-electron chi connectivity index (χ0n) is 8.98. The van der Waals surface area contributed by atoms with Crippen LogP contribution < -0.4 is 11.1 Å². The van der Waals surface area contributed by atoms with Crippen molar-refractivity contribution in [2.24, 2.45) is 0 Å². The number of hydrogen-bond donors (Lipinski definition) is 2. The third-order valence-corrected chi connectivity index (χ3v) is 2.60. The second-order valence-electron chi connectivity index (χ2n) is 3.61. The molecular weight excluding hydrogens is 265 g/mol. The Morgan fingerprint density at radius 1 is 0.944 bits per heavy atom. The van der Waals surface area contributed by atoms with Crippen LogP contribution in [0.15, 0.2) is 30.3 Å². The fraction of sp³-hybridized carbons (Fsp3) is 0. The van der Waals surface area contributed by atoms with E-state index in [-0.39, 0.29) is 16.4 Å². The molecule has 3 N–H and O–H groups in total. The summed E-state index contributed by atoms with van der Waals surface area (Å²) in [6.07, 6.45) is 0. The summed E-state index contributed by atoms with van der Waals surface area (Å²) >= 11 is 5.52. The molecule has 2 nitrogen and oxygen atoms in total. The maximum atomic E-state index is 13.2. The maximum Gasteiger partial charge on any atom is 0.161 e. The highest BCUT2D eigenvalue weighted by Crippen LogP contribution is 2.27. The molecule has 0 aliphatic rings. The van der Waals surface area contributed by atoms with Crippen LogP contribution in [-0.2, 0) is 0 Å². The first-order valence-electron chi connectivity index (χ1n) is 4.94. The molecule has 0 aliphatic carbocycles. The smallest absolute Gasteiger partial charge is 0.161 e. The van der Waals surface area contributed by atoms with Crippen molar-refractivity contribution in [3.8, 4) is 0 Å². The van der Waals surface area contributed by atoms with Crippen molar-refractivity contribution < 1.29 is 13.2 Å². The predicted octanol–water partition coefficient (Wildman–Crippen LogP) is 4.08. The van der Waals surface area contributed by atoms with E-state index in [1.54, 1.807) is 0 Å². The molecule has 2 rings (SSSR count). The standard InChI is InChI=1S/C12H8ClF3N2/c13-7-2-1-6(3-8(7)14)18-12-5-10(16)9(15)4-11(12)17/h1-5,18H,17H2. The van der Waals surface area contributed by atoms with Crippen LogP contribution in [0.5, 0.6) is 0 Å². The number of rotatable bonds is 2. The molecule has 0 aliphatic heterocycles. The van der Waals surface area contributed by atoms with E-state index in [1.807, 2.05) is 0 Å². The second kappa shape index (κ2) is 4.78. The Balaban J connectivity index is 2.34. The largest absolute Gasteiger partial charge is 0.397 e. The van der Waals surface area contributed by atoms with Gasteiger partial charge in [0.1, 0.15) is 5.82 Å². The van der Waals surface area contributed by atoms with Crippen LogP contribution in [0.25, 0.3) is 0 Å². The van der Waals surface area contributed by atoms with Crippen molar-refractivity contribution >= 4 is 28.7 Å². The molecule has 0 unspecified atom stereocenters. The minimum absolute atomic E-state index is 0.0178. The van der Waals surface area contributed by atoms with E-state index in [0.29, 0.717) is 5.69 Å². The Labute approximate surface area is 106 Å². The molecule has 0 bridgehead atoms. The lowest BCUT2D eigenvalue weighted by molar-refractivity contribution is 0.509. The number of nitrogens with two attached hydrogens (primary N) is 1. The van der Waals surface area contributed by atoms with Crippen LogP contribution >= 0.6 is 11.6 Å².